The van der Waals surface area contributed by atoms with Crippen LogP contribution in [0.4, 0.5) is 0 Å². The van der Waals surface area contributed by atoms with Crippen molar-refractivity contribution in [2.75, 3.05) is 0 Å². The molecular weight excluding hydrogens is 391 g/mol. The quantitative estimate of drug-likeness (QED) is 0.441. The highest BCUT2D eigenvalue weighted by Gasteiger charge is 2.05. The summed E-state index contributed by atoms with van der Waals surface area (Å²) in [4.78, 5) is 12.4. The molecule has 0 spiro atoms. The molecule has 0 bridgehead atoms. The Morgan fingerprint density at radius 1 is 1.15 bits per heavy atom. The molecule has 0 aliphatic heterocycles. The van der Waals surface area contributed by atoms with E-state index in [1.54, 1.807) is 24.4 Å². The topological polar surface area (TPSA) is 50.7 Å². The zero-order valence-corrected chi connectivity index (χ0v) is 15.8. The van der Waals surface area contributed by atoms with E-state index in [1.807, 2.05) is 41.8 Å². The highest BCUT2D eigenvalue weighted by Crippen LogP contribution is 2.23. The number of ether oxygens (including phenoxy) is 1. The van der Waals surface area contributed by atoms with Gasteiger partial charge in [0.1, 0.15) is 12.4 Å². The third-order valence-corrected chi connectivity index (χ3v) is 4.85. The number of halogens is 2. The number of carbonyl (C=O) groups is 1. The summed E-state index contributed by atoms with van der Waals surface area (Å²) in [6.07, 6.45) is 1.56. The molecule has 0 unspecified atom stereocenters. The maximum Gasteiger partial charge on any atom is 0.281 e. The van der Waals surface area contributed by atoms with Crippen molar-refractivity contribution in [1.82, 2.24) is 5.43 Å². The number of nitrogens with zero attached hydrogens (tertiary/aromatic N) is 1. The number of rotatable bonds is 6. The summed E-state index contributed by atoms with van der Waals surface area (Å²) >= 11 is 13.4. The molecule has 4 nitrogen and oxygen atoms in total. The van der Waals surface area contributed by atoms with Crippen LogP contribution in [-0.4, -0.2) is 12.1 Å². The van der Waals surface area contributed by atoms with Crippen LogP contribution in [0.2, 0.25) is 10.0 Å². The van der Waals surface area contributed by atoms with E-state index in [0.29, 0.717) is 27.3 Å². The van der Waals surface area contributed by atoms with Gasteiger partial charge in [-0.25, -0.2) is 5.43 Å². The fourth-order valence-corrected chi connectivity index (χ4v) is 3.19. The van der Waals surface area contributed by atoms with Crippen LogP contribution in [0.1, 0.15) is 20.8 Å². The van der Waals surface area contributed by atoms with Gasteiger partial charge >= 0.3 is 0 Å². The monoisotopic (exact) mass is 404 g/mol. The molecule has 1 amide bonds. The third kappa shape index (κ3) is 5.08. The van der Waals surface area contributed by atoms with Gasteiger partial charge in [-0.2, -0.15) is 5.10 Å². The van der Waals surface area contributed by atoms with Gasteiger partial charge in [0.05, 0.1) is 11.1 Å². The molecule has 2 aromatic carbocycles. The van der Waals surface area contributed by atoms with Gasteiger partial charge in [0.25, 0.3) is 5.91 Å². The Kier molecular flexibility index (Phi) is 6.28. The smallest absolute Gasteiger partial charge is 0.281 e. The SMILES string of the molecule is O=C(N/N=C\c1cccc(OCc2ccc(Cl)cc2Cl)c1)c1cccs1. The van der Waals surface area contributed by atoms with Gasteiger partial charge in [-0.1, -0.05) is 47.5 Å². The molecule has 0 atom stereocenters. The summed E-state index contributed by atoms with van der Waals surface area (Å²) in [5.74, 6) is 0.436. The summed E-state index contributed by atoms with van der Waals surface area (Å²) < 4.78 is 5.76. The molecular formula is C19H14Cl2N2O2S. The Morgan fingerprint density at radius 3 is 2.81 bits per heavy atom. The Bertz CT molecular complexity index is 927. The average molecular weight is 405 g/mol. The van der Waals surface area contributed by atoms with Crippen LogP contribution in [0.3, 0.4) is 0 Å². The number of nitrogens with one attached hydrogen (secondary N) is 1. The van der Waals surface area contributed by atoms with Crippen LogP contribution in [-0.2, 0) is 6.61 Å². The van der Waals surface area contributed by atoms with E-state index in [4.69, 9.17) is 27.9 Å². The van der Waals surface area contributed by atoms with E-state index in [2.05, 4.69) is 10.5 Å². The zero-order valence-electron chi connectivity index (χ0n) is 13.5. The number of hydrazone groups is 1. The second kappa shape index (κ2) is 8.85. The first-order valence-electron chi connectivity index (χ1n) is 7.65. The normalized spacial score (nSPS) is 10.8. The van der Waals surface area contributed by atoms with Crippen LogP contribution in [0.15, 0.2) is 65.1 Å². The van der Waals surface area contributed by atoms with E-state index in [0.717, 1.165) is 11.1 Å². The van der Waals surface area contributed by atoms with E-state index < -0.39 is 0 Å². The standard InChI is InChI=1S/C19H14Cl2N2O2S/c20-15-7-6-14(17(21)10-15)12-25-16-4-1-3-13(9-16)11-22-23-19(24)18-5-2-8-26-18/h1-11H,12H2,(H,23,24)/b22-11-. The number of amides is 1. The molecule has 7 heteroatoms. The highest BCUT2D eigenvalue weighted by atomic mass is 35.5. The maximum atomic E-state index is 11.8. The molecule has 0 fully saturated rings. The van der Waals surface area contributed by atoms with E-state index in [9.17, 15) is 4.79 Å². The molecule has 0 radical (unpaired) electrons. The largest absolute Gasteiger partial charge is 0.489 e. The van der Waals surface area contributed by atoms with Crippen molar-refractivity contribution in [3.05, 3.63) is 86.0 Å². The van der Waals surface area contributed by atoms with Gasteiger partial charge in [0.15, 0.2) is 0 Å². The molecule has 0 saturated carbocycles. The minimum Gasteiger partial charge on any atom is -0.489 e. The number of hydrogen-bond acceptors (Lipinski definition) is 4. The number of carbonyl (C=O) groups excluding carboxylic acids is 1. The second-order valence-electron chi connectivity index (χ2n) is 5.27. The Morgan fingerprint density at radius 2 is 2.04 bits per heavy atom. The number of hydrogen-bond donors (Lipinski definition) is 1. The van der Waals surface area contributed by atoms with Crippen LogP contribution in [0, 0.1) is 0 Å². The molecule has 132 valence electrons. The van der Waals surface area contributed by atoms with Crippen LogP contribution < -0.4 is 10.2 Å². The minimum absolute atomic E-state index is 0.235. The van der Waals surface area contributed by atoms with Crippen molar-refractivity contribution in [2.24, 2.45) is 5.10 Å². The lowest BCUT2D eigenvalue weighted by Gasteiger charge is -2.08. The van der Waals surface area contributed by atoms with Crippen LogP contribution in [0.25, 0.3) is 0 Å². The summed E-state index contributed by atoms with van der Waals surface area (Å²) in [7, 11) is 0. The van der Waals surface area contributed by atoms with E-state index in [1.165, 1.54) is 11.3 Å². The molecule has 0 aliphatic rings. The Balaban J connectivity index is 1.59. The fourth-order valence-electron chi connectivity index (χ4n) is 2.11. The second-order valence-corrected chi connectivity index (χ2v) is 7.06. The van der Waals surface area contributed by atoms with Crippen molar-refractivity contribution in [1.29, 1.82) is 0 Å². The maximum absolute atomic E-state index is 11.8. The molecule has 1 N–H and O–H groups in total. The van der Waals surface area contributed by atoms with Crippen molar-refractivity contribution >= 4 is 46.7 Å². The Labute approximate surface area is 165 Å². The Hall–Kier alpha value is -2.34. The molecule has 1 heterocycles. The lowest BCUT2D eigenvalue weighted by molar-refractivity contribution is 0.0959. The van der Waals surface area contributed by atoms with Gasteiger partial charge < -0.3 is 4.74 Å². The van der Waals surface area contributed by atoms with Gasteiger partial charge in [-0.3, -0.25) is 4.79 Å². The lowest BCUT2D eigenvalue weighted by atomic mass is 10.2. The van der Waals surface area contributed by atoms with Crippen molar-refractivity contribution < 1.29 is 9.53 Å². The summed E-state index contributed by atoms with van der Waals surface area (Å²) in [5, 5.41) is 6.96. The summed E-state index contributed by atoms with van der Waals surface area (Å²) in [6, 6.07) is 16.2. The molecule has 3 aromatic rings. The summed E-state index contributed by atoms with van der Waals surface area (Å²) in [6.45, 7) is 0.325. The number of thiophene rings is 1. The highest BCUT2D eigenvalue weighted by molar-refractivity contribution is 7.12. The van der Waals surface area contributed by atoms with Gasteiger partial charge in [0, 0.05) is 15.6 Å². The molecule has 26 heavy (non-hydrogen) atoms. The lowest BCUT2D eigenvalue weighted by Crippen LogP contribution is -2.16. The van der Waals surface area contributed by atoms with Crippen molar-refractivity contribution in [3.8, 4) is 5.75 Å². The third-order valence-electron chi connectivity index (χ3n) is 3.39. The predicted octanol–water partition coefficient (Wildman–Crippen LogP) is 5.40. The van der Waals surface area contributed by atoms with Crippen molar-refractivity contribution in [3.63, 3.8) is 0 Å². The van der Waals surface area contributed by atoms with E-state index in [-0.39, 0.29) is 5.91 Å². The minimum atomic E-state index is -0.235. The average Bonchev–Trinajstić information content (AvgIpc) is 3.16. The van der Waals surface area contributed by atoms with Gasteiger partial charge in [-0.05, 0) is 41.3 Å². The first kappa shape index (κ1) is 18.5. The predicted molar refractivity (Wildman–Crippen MR) is 107 cm³/mol. The molecule has 1 aromatic heterocycles. The molecule has 0 aliphatic carbocycles. The summed E-state index contributed by atoms with van der Waals surface area (Å²) in [5.41, 5.74) is 4.14. The van der Waals surface area contributed by atoms with Gasteiger partial charge in [-0.15, -0.1) is 11.3 Å². The molecule has 0 saturated heterocycles. The van der Waals surface area contributed by atoms with Crippen LogP contribution in [0.5, 0.6) is 5.75 Å². The van der Waals surface area contributed by atoms with Crippen LogP contribution >= 0.6 is 34.5 Å². The number of benzene rings is 2. The zero-order chi connectivity index (χ0) is 18.4. The first-order chi connectivity index (χ1) is 12.6. The van der Waals surface area contributed by atoms with Gasteiger partial charge in [0.2, 0.25) is 0 Å². The fraction of sp³-hybridized carbons (Fsp3) is 0.0526. The molecule has 3 rings (SSSR count). The van der Waals surface area contributed by atoms with Crippen molar-refractivity contribution in [2.45, 2.75) is 6.61 Å². The van der Waals surface area contributed by atoms with E-state index >= 15 is 0 Å². The first-order valence-corrected chi connectivity index (χ1v) is 9.29.